The standard InChI is InChI=1S/C14H28N6O7/c1-24-8-19(9-25-2)13-15-12(18(6-22)7-23)16-14(17-13)20(10-26-3)11(5-21)27-4/h11,21-23H,5-10H2,1-4H3. The average molecular weight is 392 g/mol. The van der Waals surface area contributed by atoms with E-state index < -0.39 is 19.7 Å². The molecule has 0 spiro atoms. The van der Waals surface area contributed by atoms with Crippen LogP contribution in [-0.2, 0) is 18.9 Å². The van der Waals surface area contributed by atoms with Gasteiger partial charge in [-0.05, 0) is 0 Å². The maximum absolute atomic E-state index is 9.57. The van der Waals surface area contributed by atoms with Crippen molar-refractivity contribution in [2.75, 3.05) is 83.4 Å². The van der Waals surface area contributed by atoms with Gasteiger partial charge in [0, 0.05) is 28.4 Å². The molecular weight excluding hydrogens is 364 g/mol. The normalized spacial score (nSPS) is 12.1. The molecule has 156 valence electrons. The third-order valence-electron chi connectivity index (χ3n) is 3.38. The molecule has 13 heteroatoms. The summed E-state index contributed by atoms with van der Waals surface area (Å²) in [5.74, 6) is 0.271. The highest BCUT2D eigenvalue weighted by molar-refractivity contribution is 5.46. The molecule has 0 fully saturated rings. The summed E-state index contributed by atoms with van der Waals surface area (Å²) >= 11 is 0. The van der Waals surface area contributed by atoms with Crippen molar-refractivity contribution in [3.05, 3.63) is 0 Å². The quantitative estimate of drug-likeness (QED) is 0.299. The molecular formula is C14H28N6O7. The third-order valence-corrected chi connectivity index (χ3v) is 3.38. The van der Waals surface area contributed by atoms with Crippen LogP contribution in [0.25, 0.3) is 0 Å². The Bertz CT molecular complexity index is 527. The number of methoxy groups -OCH3 is 4. The lowest BCUT2D eigenvalue weighted by Crippen LogP contribution is -2.43. The molecule has 1 aromatic rings. The van der Waals surface area contributed by atoms with Crippen LogP contribution in [0.3, 0.4) is 0 Å². The van der Waals surface area contributed by atoms with Gasteiger partial charge in [-0.15, -0.1) is 0 Å². The minimum absolute atomic E-state index is 0.00565. The van der Waals surface area contributed by atoms with Gasteiger partial charge in [0.05, 0.1) is 6.61 Å². The molecule has 1 heterocycles. The smallest absolute Gasteiger partial charge is 0.235 e. The fourth-order valence-electron chi connectivity index (χ4n) is 2.10. The summed E-state index contributed by atoms with van der Waals surface area (Å²) in [7, 11) is 5.89. The number of aliphatic hydroxyl groups is 3. The fourth-order valence-corrected chi connectivity index (χ4v) is 2.10. The topological polar surface area (TPSA) is 146 Å². The largest absolute Gasteiger partial charge is 0.392 e. The number of nitrogens with zero attached hydrogens (tertiary/aromatic N) is 6. The van der Waals surface area contributed by atoms with E-state index in [1.54, 1.807) is 4.90 Å². The summed E-state index contributed by atoms with van der Waals surface area (Å²) < 4.78 is 20.7. The third kappa shape index (κ3) is 6.35. The van der Waals surface area contributed by atoms with Crippen molar-refractivity contribution in [3.8, 4) is 0 Å². The molecule has 0 aliphatic carbocycles. The second-order valence-corrected chi connectivity index (χ2v) is 5.19. The van der Waals surface area contributed by atoms with Gasteiger partial charge in [-0.2, -0.15) is 15.0 Å². The Hall–Kier alpha value is -1.87. The molecule has 0 amide bonds. The van der Waals surface area contributed by atoms with Gasteiger partial charge in [0.1, 0.15) is 33.7 Å². The maximum atomic E-state index is 9.57. The predicted octanol–water partition coefficient (Wildman–Crippen LogP) is -2.03. The lowest BCUT2D eigenvalue weighted by Gasteiger charge is -2.30. The van der Waals surface area contributed by atoms with E-state index in [4.69, 9.17) is 18.9 Å². The minimum atomic E-state index is -0.789. The zero-order valence-corrected chi connectivity index (χ0v) is 16.0. The van der Waals surface area contributed by atoms with Crippen molar-refractivity contribution in [1.82, 2.24) is 15.0 Å². The number of rotatable bonds is 14. The molecule has 0 saturated heterocycles. The van der Waals surface area contributed by atoms with Gasteiger partial charge in [0.2, 0.25) is 17.8 Å². The van der Waals surface area contributed by atoms with E-state index in [2.05, 4.69) is 15.0 Å². The second kappa shape index (κ2) is 12.5. The molecule has 1 unspecified atom stereocenters. The Morgan fingerprint density at radius 2 is 1.22 bits per heavy atom. The van der Waals surface area contributed by atoms with Gasteiger partial charge in [0.15, 0.2) is 6.23 Å². The van der Waals surface area contributed by atoms with Gasteiger partial charge < -0.3 is 34.3 Å². The first-order valence-electron chi connectivity index (χ1n) is 7.94. The lowest BCUT2D eigenvalue weighted by atomic mass is 10.5. The Labute approximate surface area is 157 Å². The van der Waals surface area contributed by atoms with Gasteiger partial charge in [0.25, 0.3) is 0 Å². The van der Waals surface area contributed by atoms with E-state index in [0.29, 0.717) is 0 Å². The summed E-state index contributed by atoms with van der Waals surface area (Å²) in [5, 5.41) is 28.5. The molecule has 1 atom stereocenters. The monoisotopic (exact) mass is 392 g/mol. The second-order valence-electron chi connectivity index (χ2n) is 5.19. The van der Waals surface area contributed by atoms with Gasteiger partial charge >= 0.3 is 0 Å². The van der Waals surface area contributed by atoms with E-state index in [0.717, 1.165) is 4.90 Å². The summed E-state index contributed by atoms with van der Waals surface area (Å²) in [6.07, 6.45) is -0.789. The van der Waals surface area contributed by atoms with Crippen LogP contribution < -0.4 is 14.7 Å². The summed E-state index contributed by atoms with van der Waals surface area (Å²) in [6.45, 7) is -1.15. The molecule has 0 saturated carbocycles. The van der Waals surface area contributed by atoms with Gasteiger partial charge in [-0.1, -0.05) is 0 Å². The fraction of sp³-hybridized carbons (Fsp3) is 0.786. The maximum Gasteiger partial charge on any atom is 0.235 e. The average Bonchev–Trinajstić information content (AvgIpc) is 2.68. The molecule has 0 aliphatic rings. The summed E-state index contributed by atoms with van der Waals surface area (Å²) in [6, 6.07) is 0. The molecule has 27 heavy (non-hydrogen) atoms. The highest BCUT2D eigenvalue weighted by Crippen LogP contribution is 2.21. The number of ether oxygens (including phenoxy) is 4. The Balaban J connectivity index is 3.46. The van der Waals surface area contributed by atoms with Crippen molar-refractivity contribution in [2.45, 2.75) is 6.23 Å². The predicted molar refractivity (Wildman–Crippen MR) is 94.9 cm³/mol. The molecule has 0 aliphatic heterocycles. The number of aliphatic hydroxyl groups excluding tert-OH is 3. The summed E-state index contributed by atoms with van der Waals surface area (Å²) in [5.41, 5.74) is 0. The molecule has 1 aromatic heterocycles. The first-order valence-corrected chi connectivity index (χ1v) is 7.94. The van der Waals surface area contributed by atoms with Gasteiger partial charge in [-0.3, -0.25) is 14.7 Å². The van der Waals surface area contributed by atoms with E-state index in [1.165, 1.54) is 33.3 Å². The molecule has 0 bridgehead atoms. The number of hydrogen-bond acceptors (Lipinski definition) is 13. The number of hydrogen-bond donors (Lipinski definition) is 3. The zero-order chi connectivity index (χ0) is 20.2. The van der Waals surface area contributed by atoms with Crippen LogP contribution in [0.4, 0.5) is 17.8 Å². The Morgan fingerprint density at radius 1 is 0.741 bits per heavy atom. The molecule has 3 N–H and O–H groups in total. The van der Waals surface area contributed by atoms with Crippen LogP contribution in [0.15, 0.2) is 0 Å². The van der Waals surface area contributed by atoms with Crippen LogP contribution in [0, 0.1) is 0 Å². The number of aromatic nitrogens is 3. The Kier molecular flexibility index (Phi) is 10.7. The first kappa shape index (κ1) is 23.2. The van der Waals surface area contributed by atoms with E-state index in [1.807, 2.05) is 0 Å². The molecule has 1 rings (SSSR count). The molecule has 0 radical (unpaired) electrons. The lowest BCUT2D eigenvalue weighted by molar-refractivity contribution is 0.0265. The highest BCUT2D eigenvalue weighted by atomic mass is 16.5. The van der Waals surface area contributed by atoms with Crippen molar-refractivity contribution in [3.63, 3.8) is 0 Å². The van der Waals surface area contributed by atoms with E-state index in [9.17, 15) is 15.3 Å². The van der Waals surface area contributed by atoms with Crippen molar-refractivity contribution >= 4 is 17.8 Å². The Morgan fingerprint density at radius 3 is 1.63 bits per heavy atom. The van der Waals surface area contributed by atoms with Crippen molar-refractivity contribution < 1.29 is 34.3 Å². The van der Waals surface area contributed by atoms with Crippen LogP contribution in [0.5, 0.6) is 0 Å². The van der Waals surface area contributed by atoms with E-state index >= 15 is 0 Å². The zero-order valence-electron chi connectivity index (χ0n) is 16.0. The van der Waals surface area contributed by atoms with Crippen molar-refractivity contribution in [2.24, 2.45) is 0 Å². The van der Waals surface area contributed by atoms with Crippen LogP contribution >= 0.6 is 0 Å². The number of anilines is 3. The molecule has 0 aromatic carbocycles. The molecule has 13 nitrogen and oxygen atoms in total. The van der Waals surface area contributed by atoms with Crippen LogP contribution in [0.1, 0.15) is 0 Å². The van der Waals surface area contributed by atoms with Crippen molar-refractivity contribution in [1.29, 1.82) is 0 Å². The minimum Gasteiger partial charge on any atom is -0.392 e. The first-order chi connectivity index (χ1) is 13.1. The van der Waals surface area contributed by atoms with E-state index in [-0.39, 0.29) is 44.6 Å². The van der Waals surface area contributed by atoms with Crippen LogP contribution in [0.2, 0.25) is 0 Å². The van der Waals surface area contributed by atoms with Gasteiger partial charge in [-0.25, -0.2) is 0 Å². The summed E-state index contributed by atoms with van der Waals surface area (Å²) in [4.78, 5) is 17.0. The van der Waals surface area contributed by atoms with Crippen LogP contribution in [-0.4, -0.2) is 105 Å². The SMILES string of the molecule is COCN(COC)c1nc(N(CO)CO)nc(N(COC)C(CO)OC)n1. The highest BCUT2D eigenvalue weighted by Gasteiger charge is 2.24.